The van der Waals surface area contributed by atoms with Gasteiger partial charge in [0.2, 0.25) is 0 Å². The number of fused-ring (bicyclic) bond motifs is 1. The molecule has 0 aromatic carbocycles. The lowest BCUT2D eigenvalue weighted by Crippen LogP contribution is -2.11. The van der Waals surface area contributed by atoms with Crippen LogP contribution in [-0.2, 0) is 4.74 Å². The quantitative estimate of drug-likeness (QED) is 0.796. The van der Waals surface area contributed by atoms with Crippen molar-refractivity contribution in [1.29, 1.82) is 0 Å². The molecule has 5 nitrogen and oxygen atoms in total. The van der Waals surface area contributed by atoms with E-state index in [9.17, 15) is 0 Å². The van der Waals surface area contributed by atoms with Crippen LogP contribution in [0, 0.1) is 19.8 Å². The first-order valence-electron chi connectivity index (χ1n) is 6.09. The van der Waals surface area contributed by atoms with Crippen molar-refractivity contribution in [2.75, 3.05) is 6.61 Å². The van der Waals surface area contributed by atoms with Crippen LogP contribution in [-0.4, -0.2) is 26.2 Å². The highest BCUT2D eigenvalue weighted by Gasteiger charge is 2.31. The largest absolute Gasteiger partial charge is 0.370 e. The number of rotatable bonds is 1. The van der Waals surface area contributed by atoms with Crippen molar-refractivity contribution in [3.63, 3.8) is 0 Å². The Morgan fingerprint density at radius 1 is 1.33 bits per heavy atom. The third kappa shape index (κ3) is 1.61. The number of hydrogen-bond donors (Lipinski definition) is 0. The molecule has 1 aliphatic heterocycles. The van der Waals surface area contributed by atoms with Gasteiger partial charge in [0.25, 0.3) is 0 Å². The van der Waals surface area contributed by atoms with E-state index >= 15 is 0 Å². The van der Waals surface area contributed by atoms with Crippen molar-refractivity contribution in [3.8, 4) is 0 Å². The van der Waals surface area contributed by atoms with E-state index in [0.717, 1.165) is 30.2 Å². The Balaban J connectivity index is 2.25. The fourth-order valence-corrected chi connectivity index (χ4v) is 2.66. The summed E-state index contributed by atoms with van der Waals surface area (Å²) in [6.45, 7) is 6.88. The summed E-state index contributed by atoms with van der Waals surface area (Å²) in [5.41, 5.74) is 2.51. The topological polar surface area (TPSA) is 52.3 Å². The Morgan fingerprint density at radius 2 is 2.11 bits per heavy atom. The van der Waals surface area contributed by atoms with Crippen molar-refractivity contribution in [2.24, 2.45) is 5.92 Å². The summed E-state index contributed by atoms with van der Waals surface area (Å²) < 4.78 is 7.74. The number of ether oxygens (including phenoxy) is 1. The van der Waals surface area contributed by atoms with Gasteiger partial charge >= 0.3 is 0 Å². The van der Waals surface area contributed by atoms with Crippen LogP contribution >= 0.6 is 11.6 Å². The molecule has 0 bridgehead atoms. The number of halogens is 1. The molecule has 0 spiro atoms. The van der Waals surface area contributed by atoms with Crippen LogP contribution < -0.4 is 0 Å². The average Bonchev–Trinajstić information content (AvgIpc) is 2.91. The minimum atomic E-state index is -0.00318. The van der Waals surface area contributed by atoms with Crippen LogP contribution in [0.2, 0.25) is 5.15 Å². The van der Waals surface area contributed by atoms with Crippen LogP contribution in [0.1, 0.15) is 36.7 Å². The Hall–Kier alpha value is -1.20. The predicted molar refractivity (Wildman–Crippen MR) is 67.7 cm³/mol. The fraction of sp³-hybridized carbons (Fsp3) is 0.583. The molecule has 0 N–H and O–H groups in total. The second-order valence-corrected chi connectivity index (χ2v) is 5.21. The lowest BCUT2D eigenvalue weighted by molar-refractivity contribution is 0.0863. The lowest BCUT2D eigenvalue weighted by Gasteiger charge is -2.14. The molecule has 0 aliphatic carbocycles. The van der Waals surface area contributed by atoms with Crippen LogP contribution in [0.3, 0.4) is 0 Å². The summed E-state index contributed by atoms with van der Waals surface area (Å²) >= 11 is 6.12. The van der Waals surface area contributed by atoms with Crippen molar-refractivity contribution in [1.82, 2.24) is 19.6 Å². The third-order valence-electron chi connectivity index (χ3n) is 3.64. The molecule has 2 aromatic heterocycles. The molecule has 96 valence electrons. The molecule has 1 saturated heterocycles. The minimum Gasteiger partial charge on any atom is -0.370 e. The molecule has 2 unspecified atom stereocenters. The van der Waals surface area contributed by atoms with Gasteiger partial charge in [0, 0.05) is 12.3 Å². The van der Waals surface area contributed by atoms with E-state index in [1.807, 2.05) is 18.2 Å². The van der Waals surface area contributed by atoms with Crippen molar-refractivity contribution < 1.29 is 4.74 Å². The van der Waals surface area contributed by atoms with E-state index in [2.05, 4.69) is 22.1 Å². The van der Waals surface area contributed by atoms with E-state index < -0.39 is 0 Å². The SMILES string of the molecule is Cc1nc(Cl)c2nnc(C3OCCC3C)n2c1C. The number of aromatic nitrogens is 4. The molecule has 2 atom stereocenters. The van der Waals surface area contributed by atoms with Crippen molar-refractivity contribution >= 4 is 17.2 Å². The Bertz CT molecular complexity index is 610. The number of aryl methyl sites for hydroxylation is 2. The molecular weight excluding hydrogens is 252 g/mol. The van der Waals surface area contributed by atoms with Gasteiger partial charge in [-0.3, -0.25) is 4.40 Å². The Labute approximate surface area is 110 Å². The summed E-state index contributed by atoms with van der Waals surface area (Å²) in [5.74, 6) is 1.28. The van der Waals surface area contributed by atoms with Gasteiger partial charge in [-0.25, -0.2) is 4.98 Å². The van der Waals surface area contributed by atoms with Gasteiger partial charge < -0.3 is 4.74 Å². The number of hydrogen-bond acceptors (Lipinski definition) is 4. The van der Waals surface area contributed by atoms with E-state index in [-0.39, 0.29) is 6.10 Å². The summed E-state index contributed by atoms with van der Waals surface area (Å²) in [7, 11) is 0. The van der Waals surface area contributed by atoms with Gasteiger partial charge in [0.05, 0.1) is 5.69 Å². The van der Waals surface area contributed by atoms with Gasteiger partial charge in [-0.1, -0.05) is 18.5 Å². The number of nitrogens with zero attached hydrogens (tertiary/aromatic N) is 4. The zero-order valence-corrected chi connectivity index (χ0v) is 11.4. The van der Waals surface area contributed by atoms with Gasteiger partial charge in [-0.15, -0.1) is 10.2 Å². The molecule has 3 heterocycles. The first-order valence-corrected chi connectivity index (χ1v) is 6.46. The molecular formula is C12H15ClN4O. The van der Waals surface area contributed by atoms with Crippen LogP contribution in [0.15, 0.2) is 0 Å². The lowest BCUT2D eigenvalue weighted by atomic mass is 10.0. The third-order valence-corrected chi connectivity index (χ3v) is 3.89. The second-order valence-electron chi connectivity index (χ2n) is 4.85. The Morgan fingerprint density at radius 3 is 2.78 bits per heavy atom. The maximum atomic E-state index is 6.12. The molecule has 1 fully saturated rings. The smallest absolute Gasteiger partial charge is 0.198 e. The van der Waals surface area contributed by atoms with Crippen LogP contribution in [0.5, 0.6) is 0 Å². The van der Waals surface area contributed by atoms with Crippen LogP contribution in [0.4, 0.5) is 0 Å². The zero-order valence-electron chi connectivity index (χ0n) is 10.6. The van der Waals surface area contributed by atoms with Gasteiger partial charge in [-0.05, 0) is 26.2 Å². The molecule has 6 heteroatoms. The molecule has 0 radical (unpaired) electrons. The van der Waals surface area contributed by atoms with E-state index in [1.165, 1.54) is 0 Å². The monoisotopic (exact) mass is 266 g/mol. The summed E-state index contributed by atoms with van der Waals surface area (Å²) in [6, 6.07) is 0. The zero-order chi connectivity index (χ0) is 12.9. The normalized spacial score (nSPS) is 24.0. The van der Waals surface area contributed by atoms with Crippen molar-refractivity contribution in [3.05, 3.63) is 22.4 Å². The fourth-order valence-electron chi connectivity index (χ4n) is 2.41. The molecule has 0 saturated carbocycles. The highest BCUT2D eigenvalue weighted by molar-refractivity contribution is 6.32. The van der Waals surface area contributed by atoms with Gasteiger partial charge in [-0.2, -0.15) is 0 Å². The van der Waals surface area contributed by atoms with Crippen LogP contribution in [0.25, 0.3) is 5.65 Å². The van der Waals surface area contributed by atoms with E-state index in [0.29, 0.717) is 16.7 Å². The highest BCUT2D eigenvalue weighted by atomic mass is 35.5. The maximum absolute atomic E-state index is 6.12. The standard InChI is InChI=1S/C12H15ClN4O/c1-6-4-5-18-9(6)11-15-16-12-10(13)14-7(2)8(3)17(11)12/h6,9H,4-5H2,1-3H3. The van der Waals surface area contributed by atoms with Crippen molar-refractivity contribution in [2.45, 2.75) is 33.3 Å². The van der Waals surface area contributed by atoms with Gasteiger partial charge in [0.15, 0.2) is 16.6 Å². The molecule has 3 rings (SSSR count). The van der Waals surface area contributed by atoms with E-state index in [4.69, 9.17) is 16.3 Å². The highest BCUT2D eigenvalue weighted by Crippen LogP contribution is 2.34. The summed E-state index contributed by atoms with van der Waals surface area (Å²) in [6.07, 6.45) is 1.05. The first kappa shape index (κ1) is 11.9. The van der Waals surface area contributed by atoms with E-state index in [1.54, 1.807) is 0 Å². The molecule has 1 aliphatic rings. The second kappa shape index (κ2) is 4.17. The summed E-state index contributed by atoms with van der Waals surface area (Å²) in [4.78, 5) is 4.26. The minimum absolute atomic E-state index is 0.00318. The molecule has 0 amide bonds. The predicted octanol–water partition coefficient (Wildman–Crippen LogP) is 2.49. The Kier molecular flexibility index (Phi) is 2.75. The summed E-state index contributed by atoms with van der Waals surface area (Å²) in [5, 5.41) is 8.78. The molecule has 2 aromatic rings. The maximum Gasteiger partial charge on any atom is 0.198 e. The molecule has 18 heavy (non-hydrogen) atoms. The average molecular weight is 267 g/mol. The van der Waals surface area contributed by atoms with Gasteiger partial charge in [0.1, 0.15) is 6.10 Å². The first-order chi connectivity index (χ1) is 8.59.